The number of aromatic amines is 1. The molecule has 2 bridgehead atoms. The maximum absolute atomic E-state index is 13.2. The summed E-state index contributed by atoms with van der Waals surface area (Å²) in [5.74, 6) is -0.898. The lowest BCUT2D eigenvalue weighted by atomic mass is 9.76. The van der Waals surface area contributed by atoms with Gasteiger partial charge >= 0.3 is 0 Å². The van der Waals surface area contributed by atoms with Crippen LogP contribution in [0.25, 0.3) is 0 Å². The number of carbonyl (C=O) groups is 2. The van der Waals surface area contributed by atoms with Gasteiger partial charge in [0.2, 0.25) is 11.8 Å². The molecular weight excluding hydrogens is 344 g/mol. The van der Waals surface area contributed by atoms with Crippen LogP contribution >= 0.6 is 0 Å². The van der Waals surface area contributed by atoms with E-state index < -0.39 is 17.4 Å². The monoisotopic (exact) mass is 372 g/mol. The van der Waals surface area contributed by atoms with Gasteiger partial charge in [0, 0.05) is 19.3 Å². The van der Waals surface area contributed by atoms with Crippen molar-refractivity contribution in [2.45, 2.75) is 45.9 Å². The largest absolute Gasteiger partial charge is 0.360 e. The van der Waals surface area contributed by atoms with Crippen LogP contribution in [-0.4, -0.2) is 63.7 Å². The first-order valence-electron chi connectivity index (χ1n) is 9.51. The zero-order chi connectivity index (χ0) is 19.6. The van der Waals surface area contributed by atoms with Crippen LogP contribution in [0, 0.1) is 24.2 Å². The van der Waals surface area contributed by atoms with Crippen LogP contribution in [0.5, 0.6) is 0 Å². The number of nitrogens with one attached hydrogen (secondary N) is 1. The van der Waals surface area contributed by atoms with E-state index in [9.17, 15) is 9.59 Å². The van der Waals surface area contributed by atoms with Crippen LogP contribution < -0.4 is 0 Å². The minimum atomic E-state index is -0.642. The third kappa shape index (κ3) is 2.98. The molecule has 0 radical (unpaired) electrons. The summed E-state index contributed by atoms with van der Waals surface area (Å²) in [6.07, 6.45) is 3.65. The number of aryl methyl sites for hydroxylation is 1. The average Bonchev–Trinajstić information content (AvgIpc) is 3.28. The molecule has 27 heavy (non-hydrogen) atoms. The normalized spacial score (nSPS) is 31.7. The van der Waals surface area contributed by atoms with Crippen LogP contribution in [0.1, 0.15) is 32.2 Å². The minimum Gasteiger partial charge on any atom is -0.360 e. The van der Waals surface area contributed by atoms with Gasteiger partial charge < -0.3 is 14.5 Å². The Morgan fingerprint density at radius 2 is 2.22 bits per heavy atom. The van der Waals surface area contributed by atoms with E-state index in [0.717, 1.165) is 11.4 Å². The molecule has 146 valence electrons. The van der Waals surface area contributed by atoms with Gasteiger partial charge in [-0.15, -0.1) is 0 Å². The molecule has 1 N–H and O–H groups in total. The number of H-pyrrole nitrogens is 1. The molecule has 3 aliphatic heterocycles. The molecule has 0 aliphatic carbocycles. The number of fused-ring (bicyclic) bond motifs is 1. The number of nitrogens with zero attached hydrogens (tertiary/aromatic N) is 3. The fourth-order valence-electron chi connectivity index (χ4n) is 4.70. The molecule has 4 rings (SSSR count). The van der Waals surface area contributed by atoms with E-state index >= 15 is 0 Å². The van der Waals surface area contributed by atoms with Crippen molar-refractivity contribution < 1.29 is 14.3 Å². The van der Waals surface area contributed by atoms with Gasteiger partial charge in [0.05, 0.1) is 36.7 Å². The number of hydrogen-bond donors (Lipinski definition) is 1. The van der Waals surface area contributed by atoms with Crippen LogP contribution in [0.15, 0.2) is 18.2 Å². The fourth-order valence-corrected chi connectivity index (χ4v) is 4.70. The highest BCUT2D eigenvalue weighted by molar-refractivity contribution is 5.93. The lowest BCUT2D eigenvalue weighted by Gasteiger charge is -2.29. The Morgan fingerprint density at radius 3 is 2.85 bits per heavy atom. The Labute approximate surface area is 159 Å². The predicted molar refractivity (Wildman–Crippen MR) is 99.6 cm³/mol. The van der Waals surface area contributed by atoms with Crippen molar-refractivity contribution in [3.63, 3.8) is 0 Å². The smallest absolute Gasteiger partial charge is 0.230 e. The molecule has 0 unspecified atom stereocenters. The number of likely N-dealkylation sites (tertiary alicyclic amines) is 1. The molecule has 2 amide bonds. The zero-order valence-electron chi connectivity index (χ0n) is 16.7. The van der Waals surface area contributed by atoms with E-state index in [1.165, 1.54) is 0 Å². The summed E-state index contributed by atoms with van der Waals surface area (Å²) in [5, 5.41) is 7.10. The first kappa shape index (κ1) is 18.2. The van der Waals surface area contributed by atoms with Crippen molar-refractivity contribution in [2.24, 2.45) is 17.3 Å². The summed E-state index contributed by atoms with van der Waals surface area (Å²) in [7, 11) is 1.76. The van der Waals surface area contributed by atoms with E-state index in [1.54, 1.807) is 11.9 Å². The lowest BCUT2D eigenvalue weighted by Crippen LogP contribution is -2.45. The zero-order valence-corrected chi connectivity index (χ0v) is 16.7. The molecule has 0 aromatic carbocycles. The van der Waals surface area contributed by atoms with E-state index in [1.807, 2.05) is 30.0 Å². The second-order valence-corrected chi connectivity index (χ2v) is 9.39. The first-order chi connectivity index (χ1) is 12.6. The van der Waals surface area contributed by atoms with Crippen molar-refractivity contribution in [2.75, 3.05) is 20.1 Å². The summed E-state index contributed by atoms with van der Waals surface area (Å²) >= 11 is 0. The standard InChI is InChI=1S/C20H28N4O3/c1-12-8-13(22-21-12)9-23(5)17(25)15-14-6-7-20(27-14)11-24(10-19(2,3)4)18(26)16(15)20/h6-8,14-16H,9-11H2,1-5H3,(H,21,22)/t14-,15-,16-,20-/m0/s1. The Bertz CT molecular complexity index is 808. The first-order valence-corrected chi connectivity index (χ1v) is 9.51. The molecule has 1 aromatic heterocycles. The number of ether oxygens (including phenoxy) is 1. The Balaban J connectivity index is 1.54. The number of rotatable bonds is 4. The van der Waals surface area contributed by atoms with Crippen molar-refractivity contribution in [1.29, 1.82) is 0 Å². The lowest BCUT2D eigenvalue weighted by molar-refractivity contribution is -0.143. The van der Waals surface area contributed by atoms with E-state index in [0.29, 0.717) is 19.6 Å². The molecule has 1 aromatic rings. The van der Waals surface area contributed by atoms with Crippen LogP contribution in [0.2, 0.25) is 0 Å². The topological polar surface area (TPSA) is 78.5 Å². The molecule has 1 spiro atoms. The molecule has 7 heteroatoms. The Morgan fingerprint density at radius 1 is 1.48 bits per heavy atom. The van der Waals surface area contributed by atoms with Gasteiger partial charge in [0.1, 0.15) is 5.60 Å². The number of aromatic nitrogens is 2. The maximum Gasteiger partial charge on any atom is 0.230 e. The Hall–Kier alpha value is -2.15. The summed E-state index contributed by atoms with van der Waals surface area (Å²) < 4.78 is 6.19. The molecule has 2 saturated heterocycles. The second-order valence-electron chi connectivity index (χ2n) is 9.39. The third-order valence-electron chi connectivity index (χ3n) is 5.66. The van der Waals surface area contributed by atoms with Gasteiger partial charge in [-0.25, -0.2) is 0 Å². The highest BCUT2D eigenvalue weighted by Crippen LogP contribution is 2.52. The van der Waals surface area contributed by atoms with E-state index in [4.69, 9.17) is 4.74 Å². The van der Waals surface area contributed by atoms with Crippen molar-refractivity contribution in [3.8, 4) is 0 Å². The van der Waals surface area contributed by atoms with Gasteiger partial charge in [0.15, 0.2) is 0 Å². The number of hydrogen-bond acceptors (Lipinski definition) is 4. The highest BCUT2D eigenvalue weighted by atomic mass is 16.5. The summed E-state index contributed by atoms with van der Waals surface area (Å²) in [4.78, 5) is 29.9. The molecule has 3 aliphatic rings. The SMILES string of the molecule is Cc1cc(CN(C)C(=O)[C@H]2[C@@H]3C=C[C@@]4(CN(CC(C)(C)C)C(=O)[C@H]24)O3)n[nH]1. The summed E-state index contributed by atoms with van der Waals surface area (Å²) in [5.41, 5.74) is 1.13. The third-order valence-corrected chi connectivity index (χ3v) is 5.66. The molecule has 0 saturated carbocycles. The quantitative estimate of drug-likeness (QED) is 0.813. The molecular formula is C20H28N4O3. The van der Waals surface area contributed by atoms with Crippen LogP contribution in [0.3, 0.4) is 0 Å². The fraction of sp³-hybridized carbons (Fsp3) is 0.650. The minimum absolute atomic E-state index is 0.000760. The average molecular weight is 372 g/mol. The van der Waals surface area contributed by atoms with Crippen molar-refractivity contribution >= 4 is 11.8 Å². The van der Waals surface area contributed by atoms with Crippen molar-refractivity contribution in [3.05, 3.63) is 29.6 Å². The predicted octanol–water partition coefficient (Wildman–Crippen LogP) is 1.50. The van der Waals surface area contributed by atoms with Gasteiger partial charge in [-0.2, -0.15) is 5.10 Å². The molecule has 2 fully saturated rings. The summed E-state index contributed by atoms with van der Waals surface area (Å²) in [6.45, 7) is 9.88. The van der Waals surface area contributed by atoms with Gasteiger partial charge in [-0.1, -0.05) is 32.9 Å². The number of carbonyl (C=O) groups excluding carboxylic acids is 2. The van der Waals surface area contributed by atoms with Gasteiger partial charge in [-0.3, -0.25) is 14.7 Å². The van der Waals surface area contributed by atoms with Gasteiger partial charge in [-0.05, 0) is 18.4 Å². The van der Waals surface area contributed by atoms with Crippen LogP contribution in [0.4, 0.5) is 0 Å². The Kier molecular flexibility index (Phi) is 4.00. The summed E-state index contributed by atoms with van der Waals surface area (Å²) in [6, 6.07) is 1.92. The highest BCUT2D eigenvalue weighted by Gasteiger charge is 2.67. The van der Waals surface area contributed by atoms with Gasteiger partial charge in [0.25, 0.3) is 0 Å². The maximum atomic E-state index is 13.2. The second kappa shape index (κ2) is 5.92. The number of amides is 2. The molecule has 4 heterocycles. The van der Waals surface area contributed by atoms with Crippen LogP contribution in [-0.2, 0) is 20.9 Å². The van der Waals surface area contributed by atoms with E-state index in [-0.39, 0.29) is 23.3 Å². The van der Waals surface area contributed by atoms with E-state index in [2.05, 4.69) is 31.0 Å². The molecule has 7 nitrogen and oxygen atoms in total. The van der Waals surface area contributed by atoms with Crippen molar-refractivity contribution in [1.82, 2.24) is 20.0 Å². The molecule has 4 atom stereocenters.